The van der Waals surface area contributed by atoms with Crippen LogP contribution in [-0.2, 0) is 19.3 Å². The van der Waals surface area contributed by atoms with Crippen LogP contribution in [0.1, 0.15) is 23.6 Å². The Morgan fingerprint density at radius 2 is 1.92 bits per heavy atom. The number of hydrogen-bond donors (Lipinski definition) is 1. The fourth-order valence-corrected chi connectivity index (χ4v) is 2.40. The Bertz CT molecular complexity index is 689. The lowest BCUT2D eigenvalue weighted by Crippen LogP contribution is -2.16. The van der Waals surface area contributed by atoms with Gasteiger partial charge in [0.1, 0.15) is 5.82 Å². The lowest BCUT2D eigenvalue weighted by molar-refractivity contribution is -0.137. The van der Waals surface area contributed by atoms with Crippen molar-refractivity contribution in [1.82, 2.24) is 9.88 Å². The number of hydrogen-bond acceptors (Lipinski definition) is 3. The van der Waals surface area contributed by atoms with Gasteiger partial charge in [-0.15, -0.1) is 0 Å². The molecule has 0 radical (unpaired) electrons. The van der Waals surface area contributed by atoms with Crippen molar-refractivity contribution >= 4 is 17.4 Å². The fourth-order valence-electron chi connectivity index (χ4n) is 2.17. The van der Waals surface area contributed by atoms with Gasteiger partial charge >= 0.3 is 6.18 Å². The van der Waals surface area contributed by atoms with E-state index in [4.69, 9.17) is 11.6 Å². The summed E-state index contributed by atoms with van der Waals surface area (Å²) in [4.78, 5) is 5.95. The molecule has 1 heterocycles. The van der Waals surface area contributed by atoms with Crippen LogP contribution in [0.25, 0.3) is 0 Å². The van der Waals surface area contributed by atoms with E-state index < -0.39 is 11.7 Å². The summed E-state index contributed by atoms with van der Waals surface area (Å²) in [5, 5.41) is 2.93. The molecule has 2 aromatic rings. The predicted molar refractivity (Wildman–Crippen MR) is 90.0 cm³/mol. The number of aromatic nitrogens is 1. The molecule has 24 heavy (non-hydrogen) atoms. The van der Waals surface area contributed by atoms with Crippen molar-refractivity contribution in [2.45, 2.75) is 26.2 Å². The summed E-state index contributed by atoms with van der Waals surface area (Å²) in [5.74, 6) is 0.237. The van der Waals surface area contributed by atoms with Gasteiger partial charge < -0.3 is 10.2 Å². The van der Waals surface area contributed by atoms with E-state index in [1.807, 2.05) is 25.2 Å². The summed E-state index contributed by atoms with van der Waals surface area (Å²) in [7, 11) is 2.04. The Labute approximate surface area is 144 Å². The Kier molecular flexibility index (Phi) is 6.07. The van der Waals surface area contributed by atoms with Crippen molar-refractivity contribution in [3.63, 3.8) is 0 Å². The number of alkyl halides is 3. The first kappa shape index (κ1) is 18.5. The van der Waals surface area contributed by atoms with Crippen LogP contribution < -0.4 is 5.32 Å². The van der Waals surface area contributed by atoms with Crippen molar-refractivity contribution in [3.8, 4) is 0 Å². The molecule has 0 atom stereocenters. The molecule has 1 aromatic heterocycles. The highest BCUT2D eigenvalue weighted by Gasteiger charge is 2.31. The number of nitrogens with one attached hydrogen (secondary N) is 1. The molecule has 130 valence electrons. The second-order valence-electron chi connectivity index (χ2n) is 5.56. The zero-order valence-corrected chi connectivity index (χ0v) is 14.2. The fraction of sp³-hybridized carbons (Fsp3) is 0.353. The van der Waals surface area contributed by atoms with E-state index >= 15 is 0 Å². The topological polar surface area (TPSA) is 28.2 Å². The minimum absolute atomic E-state index is 0.0494. The number of pyridine rings is 1. The van der Waals surface area contributed by atoms with Crippen molar-refractivity contribution < 1.29 is 13.2 Å². The van der Waals surface area contributed by atoms with Gasteiger partial charge in [-0.1, -0.05) is 42.8 Å². The predicted octanol–water partition coefficient (Wildman–Crippen LogP) is 4.82. The van der Waals surface area contributed by atoms with Gasteiger partial charge in [-0.25, -0.2) is 4.98 Å². The standard InChI is InChI=1S/C17H19ClF3N3/c1-3-24(2)11-13-6-4-5-12(7-13)9-22-16-15(18)8-14(10-23-16)17(19,20)21/h4-8,10H,3,9,11H2,1-2H3,(H,22,23). The van der Waals surface area contributed by atoms with Gasteiger partial charge in [0, 0.05) is 19.3 Å². The SMILES string of the molecule is CCN(C)Cc1cccc(CNc2ncc(C(F)(F)F)cc2Cl)c1. The van der Waals surface area contributed by atoms with Gasteiger partial charge in [0.15, 0.2) is 0 Å². The van der Waals surface area contributed by atoms with Crippen LogP contribution in [0.2, 0.25) is 5.02 Å². The first-order valence-corrected chi connectivity index (χ1v) is 7.90. The average Bonchev–Trinajstić information content (AvgIpc) is 2.53. The van der Waals surface area contributed by atoms with E-state index in [9.17, 15) is 13.2 Å². The van der Waals surface area contributed by atoms with Gasteiger partial charge in [0.25, 0.3) is 0 Å². The Morgan fingerprint density at radius 3 is 2.54 bits per heavy atom. The third-order valence-corrected chi connectivity index (χ3v) is 3.90. The smallest absolute Gasteiger partial charge is 0.365 e. The van der Waals surface area contributed by atoms with Crippen LogP contribution in [0.5, 0.6) is 0 Å². The van der Waals surface area contributed by atoms with E-state index in [2.05, 4.69) is 28.2 Å². The zero-order valence-electron chi connectivity index (χ0n) is 13.5. The number of benzene rings is 1. The molecular weight excluding hydrogens is 339 g/mol. The summed E-state index contributed by atoms with van der Waals surface area (Å²) in [6, 6.07) is 8.87. The van der Waals surface area contributed by atoms with Gasteiger partial charge in [-0.05, 0) is 30.8 Å². The van der Waals surface area contributed by atoms with Crippen LogP contribution in [0.15, 0.2) is 36.5 Å². The molecule has 1 aromatic carbocycles. The summed E-state index contributed by atoms with van der Waals surface area (Å²) >= 11 is 5.89. The summed E-state index contributed by atoms with van der Waals surface area (Å²) in [5.41, 5.74) is 1.32. The summed E-state index contributed by atoms with van der Waals surface area (Å²) < 4.78 is 37.8. The van der Waals surface area contributed by atoms with E-state index in [0.29, 0.717) is 6.54 Å². The molecule has 1 N–H and O–H groups in total. The molecule has 0 saturated carbocycles. The summed E-state index contributed by atoms with van der Waals surface area (Å²) in [6.45, 7) is 4.31. The van der Waals surface area contributed by atoms with Crippen molar-refractivity contribution in [2.24, 2.45) is 0 Å². The van der Waals surface area contributed by atoms with Gasteiger partial charge in [-0.2, -0.15) is 13.2 Å². The van der Waals surface area contributed by atoms with Crippen LogP contribution in [0, 0.1) is 0 Å². The number of anilines is 1. The number of rotatable bonds is 6. The molecule has 0 unspecified atom stereocenters. The van der Waals surface area contributed by atoms with E-state index in [-0.39, 0.29) is 10.8 Å². The highest BCUT2D eigenvalue weighted by Crippen LogP contribution is 2.32. The highest BCUT2D eigenvalue weighted by molar-refractivity contribution is 6.32. The minimum atomic E-state index is -4.45. The molecule has 0 aliphatic heterocycles. The number of halogens is 4. The van der Waals surface area contributed by atoms with Crippen LogP contribution in [0.4, 0.5) is 19.0 Å². The third kappa shape index (κ3) is 5.11. The van der Waals surface area contributed by atoms with Crippen LogP contribution in [0.3, 0.4) is 0 Å². The zero-order chi connectivity index (χ0) is 17.7. The maximum atomic E-state index is 12.6. The second kappa shape index (κ2) is 7.85. The van der Waals surface area contributed by atoms with Gasteiger partial charge in [0.05, 0.1) is 10.6 Å². The molecular formula is C17H19ClF3N3. The molecule has 0 saturated heterocycles. The quantitative estimate of drug-likeness (QED) is 0.803. The summed E-state index contributed by atoms with van der Waals surface area (Å²) in [6.07, 6.45) is -3.67. The first-order valence-electron chi connectivity index (χ1n) is 7.52. The lowest BCUT2D eigenvalue weighted by atomic mass is 10.1. The first-order chi connectivity index (χ1) is 11.3. The Balaban J connectivity index is 2.04. The van der Waals surface area contributed by atoms with Gasteiger partial charge in [-0.3, -0.25) is 0 Å². The second-order valence-corrected chi connectivity index (χ2v) is 5.96. The van der Waals surface area contributed by atoms with Gasteiger partial charge in [0.2, 0.25) is 0 Å². The third-order valence-electron chi connectivity index (χ3n) is 3.61. The maximum absolute atomic E-state index is 12.6. The largest absolute Gasteiger partial charge is 0.417 e. The number of nitrogens with zero attached hydrogens (tertiary/aromatic N) is 2. The molecule has 0 spiro atoms. The molecule has 0 bridgehead atoms. The van der Waals surface area contributed by atoms with E-state index in [1.165, 1.54) is 5.56 Å². The van der Waals surface area contributed by atoms with Crippen molar-refractivity contribution in [3.05, 3.63) is 58.2 Å². The van der Waals surface area contributed by atoms with Crippen molar-refractivity contribution in [2.75, 3.05) is 18.9 Å². The molecule has 0 aliphatic rings. The highest BCUT2D eigenvalue weighted by atomic mass is 35.5. The molecule has 0 aliphatic carbocycles. The lowest BCUT2D eigenvalue weighted by Gasteiger charge is -2.15. The normalized spacial score (nSPS) is 11.8. The molecule has 7 heteroatoms. The Morgan fingerprint density at radius 1 is 1.21 bits per heavy atom. The monoisotopic (exact) mass is 357 g/mol. The Hall–Kier alpha value is -1.79. The van der Waals surface area contributed by atoms with E-state index in [1.54, 1.807) is 0 Å². The van der Waals surface area contributed by atoms with Crippen LogP contribution >= 0.6 is 11.6 Å². The molecule has 0 fully saturated rings. The molecule has 2 rings (SSSR count). The van der Waals surface area contributed by atoms with E-state index in [0.717, 1.165) is 30.9 Å². The van der Waals surface area contributed by atoms with Crippen LogP contribution in [-0.4, -0.2) is 23.5 Å². The molecule has 3 nitrogen and oxygen atoms in total. The minimum Gasteiger partial charge on any atom is -0.365 e. The van der Waals surface area contributed by atoms with Crippen molar-refractivity contribution in [1.29, 1.82) is 0 Å². The maximum Gasteiger partial charge on any atom is 0.417 e. The molecule has 0 amide bonds. The average molecular weight is 358 g/mol.